The van der Waals surface area contributed by atoms with Gasteiger partial charge in [0.15, 0.2) is 0 Å². The van der Waals surface area contributed by atoms with Crippen molar-refractivity contribution in [1.82, 2.24) is 10.2 Å². The monoisotopic (exact) mass is 346 g/mol. The number of nitrogens with one attached hydrogen (secondary N) is 1. The molecule has 2 atom stereocenters. The van der Waals surface area contributed by atoms with E-state index < -0.39 is 6.10 Å². The molecular formula is C19H26N2O4. The minimum absolute atomic E-state index is 0.0178. The molecule has 1 saturated heterocycles. The molecule has 2 aromatic rings. The van der Waals surface area contributed by atoms with Gasteiger partial charge in [-0.3, -0.25) is 9.69 Å². The van der Waals surface area contributed by atoms with Gasteiger partial charge in [-0.05, 0) is 50.1 Å². The number of likely N-dealkylation sites (tertiary alicyclic amines) is 1. The van der Waals surface area contributed by atoms with Crippen LogP contribution >= 0.6 is 0 Å². The lowest BCUT2D eigenvalue weighted by atomic mass is 10.0. The van der Waals surface area contributed by atoms with Gasteiger partial charge in [-0.1, -0.05) is 12.8 Å². The van der Waals surface area contributed by atoms with E-state index in [4.69, 9.17) is 8.83 Å². The Balaban J connectivity index is 1.55. The third kappa shape index (κ3) is 5.21. The summed E-state index contributed by atoms with van der Waals surface area (Å²) in [5, 5.41) is 13.3. The molecule has 1 aliphatic rings. The molecule has 0 unspecified atom stereocenters. The van der Waals surface area contributed by atoms with E-state index in [1.165, 1.54) is 0 Å². The van der Waals surface area contributed by atoms with E-state index in [9.17, 15) is 9.90 Å². The topological polar surface area (TPSA) is 78.9 Å². The van der Waals surface area contributed by atoms with Crippen molar-refractivity contribution >= 4 is 5.91 Å². The highest BCUT2D eigenvalue weighted by Gasteiger charge is 2.26. The maximum Gasteiger partial charge on any atom is 0.234 e. The molecular weight excluding hydrogens is 320 g/mol. The van der Waals surface area contributed by atoms with E-state index in [0.717, 1.165) is 38.0 Å². The van der Waals surface area contributed by atoms with E-state index in [1.807, 2.05) is 12.1 Å². The summed E-state index contributed by atoms with van der Waals surface area (Å²) in [6.45, 7) is 1.62. The number of carbonyl (C=O) groups is 1. The number of rotatable bonds is 7. The number of amides is 1. The zero-order chi connectivity index (χ0) is 17.5. The van der Waals surface area contributed by atoms with Gasteiger partial charge in [0.1, 0.15) is 17.6 Å². The summed E-state index contributed by atoms with van der Waals surface area (Å²) in [6, 6.07) is 7.40. The Labute approximate surface area is 147 Å². The molecule has 0 aromatic carbocycles. The van der Waals surface area contributed by atoms with Crippen molar-refractivity contribution in [2.45, 2.75) is 50.8 Å². The fourth-order valence-electron chi connectivity index (χ4n) is 3.41. The predicted octanol–water partition coefficient (Wildman–Crippen LogP) is 2.86. The predicted molar refractivity (Wildman–Crippen MR) is 92.7 cm³/mol. The molecule has 25 heavy (non-hydrogen) atoms. The van der Waals surface area contributed by atoms with Gasteiger partial charge >= 0.3 is 0 Å². The first kappa shape index (κ1) is 17.8. The molecule has 0 spiro atoms. The van der Waals surface area contributed by atoms with Gasteiger partial charge < -0.3 is 19.3 Å². The average Bonchev–Trinajstić information content (AvgIpc) is 3.28. The summed E-state index contributed by atoms with van der Waals surface area (Å²) in [5.74, 6) is 1.32. The molecule has 0 bridgehead atoms. The molecule has 0 aliphatic carbocycles. The van der Waals surface area contributed by atoms with Crippen LogP contribution in [0.1, 0.15) is 49.7 Å². The first-order valence-corrected chi connectivity index (χ1v) is 8.97. The van der Waals surface area contributed by atoms with Crippen molar-refractivity contribution in [3.05, 3.63) is 48.3 Å². The molecule has 0 saturated carbocycles. The summed E-state index contributed by atoms with van der Waals surface area (Å²) < 4.78 is 10.5. The van der Waals surface area contributed by atoms with Crippen LogP contribution < -0.4 is 5.32 Å². The molecule has 3 rings (SSSR count). The summed E-state index contributed by atoms with van der Waals surface area (Å²) in [6.07, 6.45) is 7.49. The lowest BCUT2D eigenvalue weighted by molar-refractivity contribution is -0.123. The molecule has 3 heterocycles. The number of furan rings is 2. The fraction of sp³-hybridized carbons (Fsp3) is 0.526. The van der Waals surface area contributed by atoms with Gasteiger partial charge in [-0.2, -0.15) is 0 Å². The van der Waals surface area contributed by atoms with Crippen LogP contribution in [0.3, 0.4) is 0 Å². The Hall–Kier alpha value is -2.05. The fourth-order valence-corrected chi connectivity index (χ4v) is 3.41. The van der Waals surface area contributed by atoms with Crippen molar-refractivity contribution in [3.8, 4) is 0 Å². The second-order valence-corrected chi connectivity index (χ2v) is 6.60. The Kier molecular flexibility index (Phi) is 6.30. The standard InChI is InChI=1S/C19H26N2O4/c22-17(18-8-5-11-25-18)12-15-6-2-1-3-9-21(15)14-19(23)20-13-16-7-4-10-24-16/h4-5,7-8,10-11,15,17,22H,1-3,6,9,12-14H2,(H,20,23)/t15-,17+/m1/s1. The molecule has 2 aromatic heterocycles. The van der Waals surface area contributed by atoms with E-state index >= 15 is 0 Å². The number of hydrogen-bond donors (Lipinski definition) is 2. The smallest absolute Gasteiger partial charge is 0.234 e. The van der Waals surface area contributed by atoms with E-state index in [2.05, 4.69) is 10.2 Å². The van der Waals surface area contributed by atoms with Gasteiger partial charge in [0.25, 0.3) is 0 Å². The Morgan fingerprint density at radius 1 is 1.24 bits per heavy atom. The lowest BCUT2D eigenvalue weighted by Crippen LogP contribution is -2.43. The first-order valence-electron chi connectivity index (χ1n) is 8.97. The summed E-state index contributed by atoms with van der Waals surface area (Å²) in [5.41, 5.74) is 0. The third-order valence-corrected chi connectivity index (χ3v) is 4.75. The van der Waals surface area contributed by atoms with Crippen molar-refractivity contribution in [3.63, 3.8) is 0 Å². The van der Waals surface area contributed by atoms with Crippen LogP contribution in [0.4, 0.5) is 0 Å². The Morgan fingerprint density at radius 2 is 2.08 bits per heavy atom. The number of hydrogen-bond acceptors (Lipinski definition) is 5. The number of carbonyl (C=O) groups excluding carboxylic acids is 1. The highest BCUT2D eigenvalue weighted by atomic mass is 16.4. The number of aliphatic hydroxyl groups is 1. The van der Waals surface area contributed by atoms with E-state index in [1.54, 1.807) is 24.7 Å². The van der Waals surface area contributed by atoms with Crippen molar-refractivity contribution < 1.29 is 18.7 Å². The number of nitrogens with zero attached hydrogens (tertiary/aromatic N) is 1. The van der Waals surface area contributed by atoms with Crippen LogP contribution in [0.25, 0.3) is 0 Å². The highest BCUT2D eigenvalue weighted by Crippen LogP contribution is 2.26. The van der Waals surface area contributed by atoms with Gasteiger partial charge in [0.2, 0.25) is 5.91 Å². The quantitative estimate of drug-likeness (QED) is 0.806. The highest BCUT2D eigenvalue weighted by molar-refractivity contribution is 5.78. The van der Waals surface area contributed by atoms with Crippen LogP contribution in [0, 0.1) is 0 Å². The molecule has 136 valence electrons. The largest absolute Gasteiger partial charge is 0.467 e. The molecule has 1 aliphatic heterocycles. The van der Waals surface area contributed by atoms with Crippen LogP contribution in [0.5, 0.6) is 0 Å². The van der Waals surface area contributed by atoms with Crippen molar-refractivity contribution in [2.24, 2.45) is 0 Å². The zero-order valence-electron chi connectivity index (χ0n) is 14.4. The molecule has 0 radical (unpaired) electrons. The second kappa shape index (κ2) is 8.87. The lowest BCUT2D eigenvalue weighted by Gasteiger charge is -2.30. The average molecular weight is 346 g/mol. The first-order chi connectivity index (χ1) is 12.2. The minimum Gasteiger partial charge on any atom is -0.467 e. The van der Waals surface area contributed by atoms with Crippen LogP contribution in [0.15, 0.2) is 45.6 Å². The normalized spacial score (nSPS) is 20.1. The third-order valence-electron chi connectivity index (χ3n) is 4.75. The SMILES string of the molecule is O=C(CN1CCCCC[C@@H]1C[C@H](O)c1ccco1)NCc1ccco1. The molecule has 2 N–H and O–H groups in total. The van der Waals surface area contributed by atoms with Crippen molar-refractivity contribution in [1.29, 1.82) is 0 Å². The summed E-state index contributed by atoms with van der Waals surface area (Å²) in [4.78, 5) is 14.5. The van der Waals surface area contributed by atoms with Crippen molar-refractivity contribution in [2.75, 3.05) is 13.1 Å². The molecule has 1 fully saturated rings. The van der Waals surface area contributed by atoms with E-state index in [0.29, 0.717) is 25.3 Å². The van der Waals surface area contributed by atoms with Gasteiger partial charge in [0.05, 0.1) is 25.6 Å². The van der Waals surface area contributed by atoms with Gasteiger partial charge in [-0.25, -0.2) is 0 Å². The molecule has 6 heteroatoms. The van der Waals surface area contributed by atoms with Crippen LogP contribution in [-0.4, -0.2) is 35.0 Å². The van der Waals surface area contributed by atoms with E-state index in [-0.39, 0.29) is 11.9 Å². The molecule has 1 amide bonds. The Morgan fingerprint density at radius 3 is 2.84 bits per heavy atom. The Bertz CT molecular complexity index is 624. The maximum atomic E-state index is 12.3. The summed E-state index contributed by atoms with van der Waals surface area (Å²) >= 11 is 0. The summed E-state index contributed by atoms with van der Waals surface area (Å²) in [7, 11) is 0. The second-order valence-electron chi connectivity index (χ2n) is 6.60. The van der Waals surface area contributed by atoms with Gasteiger partial charge in [-0.15, -0.1) is 0 Å². The van der Waals surface area contributed by atoms with Crippen LogP contribution in [0.2, 0.25) is 0 Å². The maximum absolute atomic E-state index is 12.3. The zero-order valence-corrected chi connectivity index (χ0v) is 14.4. The van der Waals surface area contributed by atoms with Crippen LogP contribution in [-0.2, 0) is 11.3 Å². The number of aliphatic hydroxyl groups excluding tert-OH is 1. The minimum atomic E-state index is -0.633. The molecule has 6 nitrogen and oxygen atoms in total. The van der Waals surface area contributed by atoms with Gasteiger partial charge in [0, 0.05) is 6.04 Å².